The van der Waals surface area contributed by atoms with Crippen LogP contribution in [0.25, 0.3) is 11.1 Å². The van der Waals surface area contributed by atoms with Gasteiger partial charge in [0.25, 0.3) is 5.56 Å². The number of carboxylic acids is 1. The number of benzene rings is 1. The zero-order chi connectivity index (χ0) is 18.0. The molecule has 1 aromatic carbocycles. The van der Waals surface area contributed by atoms with Crippen LogP contribution in [0, 0.1) is 6.92 Å². The SMILES string of the molecule is CC(=O)c1c(-c2ccccc2C(C)C)cc(C)n(CC(=O)O)c1=O. The Hall–Kier alpha value is -2.69. The first-order valence-electron chi connectivity index (χ1n) is 7.80. The highest BCUT2D eigenvalue weighted by molar-refractivity contribution is 6.01. The average Bonchev–Trinajstić information content (AvgIpc) is 2.50. The summed E-state index contributed by atoms with van der Waals surface area (Å²) in [5, 5.41) is 9.00. The monoisotopic (exact) mass is 327 g/mol. The second kappa shape index (κ2) is 6.83. The molecule has 1 N–H and O–H groups in total. The van der Waals surface area contributed by atoms with Crippen molar-refractivity contribution >= 4 is 11.8 Å². The molecule has 2 aromatic rings. The van der Waals surface area contributed by atoms with Crippen LogP contribution in [-0.2, 0) is 11.3 Å². The number of pyridine rings is 1. The van der Waals surface area contributed by atoms with E-state index in [9.17, 15) is 14.4 Å². The van der Waals surface area contributed by atoms with Crippen LogP contribution in [0.3, 0.4) is 0 Å². The molecule has 0 bridgehead atoms. The van der Waals surface area contributed by atoms with Crippen LogP contribution >= 0.6 is 0 Å². The fourth-order valence-electron chi connectivity index (χ4n) is 2.90. The molecule has 1 heterocycles. The maximum Gasteiger partial charge on any atom is 0.323 e. The lowest BCUT2D eigenvalue weighted by Gasteiger charge is -2.17. The number of rotatable bonds is 5. The fourth-order valence-corrected chi connectivity index (χ4v) is 2.90. The van der Waals surface area contributed by atoms with Gasteiger partial charge >= 0.3 is 5.97 Å². The molecule has 0 aliphatic heterocycles. The molecule has 0 aliphatic rings. The molecule has 1 aromatic heterocycles. The van der Waals surface area contributed by atoms with Gasteiger partial charge in [-0.2, -0.15) is 0 Å². The number of hydrogen-bond donors (Lipinski definition) is 1. The summed E-state index contributed by atoms with van der Waals surface area (Å²) in [4.78, 5) is 35.9. The number of carbonyl (C=O) groups is 2. The summed E-state index contributed by atoms with van der Waals surface area (Å²) in [6, 6.07) is 9.37. The number of Topliss-reactive ketones (excluding diaryl/α,β-unsaturated/α-hetero) is 1. The first-order chi connectivity index (χ1) is 11.2. The van der Waals surface area contributed by atoms with Crippen LogP contribution in [0.4, 0.5) is 0 Å². The van der Waals surface area contributed by atoms with E-state index in [1.807, 2.05) is 38.1 Å². The van der Waals surface area contributed by atoms with Crippen molar-refractivity contribution in [2.75, 3.05) is 0 Å². The summed E-state index contributed by atoms with van der Waals surface area (Å²) in [5.74, 6) is -1.26. The maximum atomic E-state index is 12.7. The Bertz CT molecular complexity index is 862. The lowest BCUT2D eigenvalue weighted by Crippen LogP contribution is -2.31. The fraction of sp³-hybridized carbons (Fsp3) is 0.316. The highest BCUT2D eigenvalue weighted by Crippen LogP contribution is 2.31. The van der Waals surface area contributed by atoms with Gasteiger partial charge in [0.1, 0.15) is 6.54 Å². The molecule has 2 rings (SSSR count). The lowest BCUT2D eigenvalue weighted by molar-refractivity contribution is -0.137. The molecule has 0 saturated carbocycles. The molecular formula is C19H21NO4. The molecule has 0 fully saturated rings. The number of ketones is 1. The molecule has 5 heteroatoms. The largest absolute Gasteiger partial charge is 0.480 e. The third-order valence-electron chi connectivity index (χ3n) is 4.03. The molecule has 0 saturated heterocycles. The van der Waals surface area contributed by atoms with Gasteiger partial charge in [-0.25, -0.2) is 0 Å². The van der Waals surface area contributed by atoms with Crippen molar-refractivity contribution in [3.8, 4) is 11.1 Å². The smallest absolute Gasteiger partial charge is 0.323 e. The lowest BCUT2D eigenvalue weighted by atomic mass is 9.89. The number of hydrogen-bond acceptors (Lipinski definition) is 3. The van der Waals surface area contributed by atoms with E-state index >= 15 is 0 Å². The predicted octanol–water partition coefficient (Wildman–Crippen LogP) is 3.23. The molecule has 0 aliphatic carbocycles. The number of aryl methyl sites for hydroxylation is 1. The Balaban J connectivity index is 2.84. The Morgan fingerprint density at radius 2 is 1.79 bits per heavy atom. The van der Waals surface area contributed by atoms with Crippen LogP contribution in [0.15, 0.2) is 35.1 Å². The third-order valence-corrected chi connectivity index (χ3v) is 4.03. The van der Waals surface area contributed by atoms with Gasteiger partial charge in [0.2, 0.25) is 0 Å². The number of carbonyl (C=O) groups excluding carboxylic acids is 1. The molecule has 126 valence electrons. The minimum Gasteiger partial charge on any atom is -0.480 e. The van der Waals surface area contributed by atoms with Crippen molar-refractivity contribution in [3.05, 3.63) is 57.5 Å². The van der Waals surface area contributed by atoms with Crippen molar-refractivity contribution < 1.29 is 14.7 Å². The zero-order valence-electron chi connectivity index (χ0n) is 14.3. The van der Waals surface area contributed by atoms with Gasteiger partial charge in [0, 0.05) is 11.3 Å². The van der Waals surface area contributed by atoms with E-state index in [2.05, 4.69) is 0 Å². The van der Waals surface area contributed by atoms with Crippen molar-refractivity contribution in [2.24, 2.45) is 0 Å². The van der Waals surface area contributed by atoms with E-state index in [0.717, 1.165) is 15.7 Å². The normalized spacial score (nSPS) is 10.9. The summed E-state index contributed by atoms with van der Waals surface area (Å²) in [7, 11) is 0. The van der Waals surface area contributed by atoms with Crippen LogP contribution in [0.5, 0.6) is 0 Å². The van der Waals surface area contributed by atoms with Crippen LogP contribution in [0.2, 0.25) is 0 Å². The van der Waals surface area contributed by atoms with Crippen LogP contribution < -0.4 is 5.56 Å². The van der Waals surface area contributed by atoms with Crippen molar-refractivity contribution in [2.45, 2.75) is 40.2 Å². The van der Waals surface area contributed by atoms with E-state index in [1.165, 1.54) is 6.92 Å². The highest BCUT2D eigenvalue weighted by atomic mass is 16.4. The summed E-state index contributed by atoms with van der Waals surface area (Å²) >= 11 is 0. The quantitative estimate of drug-likeness (QED) is 0.855. The van der Waals surface area contributed by atoms with E-state index < -0.39 is 18.1 Å². The van der Waals surface area contributed by atoms with Gasteiger partial charge in [0.05, 0.1) is 5.56 Å². The Morgan fingerprint density at radius 3 is 2.33 bits per heavy atom. The zero-order valence-corrected chi connectivity index (χ0v) is 14.3. The van der Waals surface area contributed by atoms with Gasteiger partial charge in [-0.15, -0.1) is 0 Å². The number of nitrogens with zero attached hydrogens (tertiary/aromatic N) is 1. The second-order valence-corrected chi connectivity index (χ2v) is 6.16. The Kier molecular flexibility index (Phi) is 5.02. The Morgan fingerprint density at radius 1 is 1.17 bits per heavy atom. The third kappa shape index (κ3) is 3.30. The topological polar surface area (TPSA) is 76.4 Å². The summed E-state index contributed by atoms with van der Waals surface area (Å²) in [6.07, 6.45) is 0. The molecule has 0 spiro atoms. The van der Waals surface area contributed by atoms with Gasteiger partial charge in [0.15, 0.2) is 5.78 Å². The minimum absolute atomic E-state index is 0.0370. The number of aliphatic carboxylic acids is 1. The summed E-state index contributed by atoms with van der Waals surface area (Å²) < 4.78 is 1.13. The van der Waals surface area contributed by atoms with Gasteiger partial charge in [-0.1, -0.05) is 38.1 Å². The van der Waals surface area contributed by atoms with Crippen molar-refractivity contribution in [3.63, 3.8) is 0 Å². The van der Waals surface area contributed by atoms with Crippen LogP contribution in [0.1, 0.15) is 48.3 Å². The minimum atomic E-state index is -1.12. The van der Waals surface area contributed by atoms with Gasteiger partial charge in [-0.3, -0.25) is 14.4 Å². The maximum absolute atomic E-state index is 12.7. The second-order valence-electron chi connectivity index (χ2n) is 6.16. The molecule has 24 heavy (non-hydrogen) atoms. The first-order valence-corrected chi connectivity index (χ1v) is 7.80. The van der Waals surface area contributed by atoms with Crippen LogP contribution in [-0.4, -0.2) is 21.4 Å². The molecule has 5 nitrogen and oxygen atoms in total. The summed E-state index contributed by atoms with van der Waals surface area (Å²) in [5.41, 5.74) is 2.43. The molecule has 0 atom stereocenters. The van der Waals surface area contributed by atoms with Gasteiger partial charge in [-0.05, 0) is 37.0 Å². The van der Waals surface area contributed by atoms with Crippen molar-refractivity contribution in [1.29, 1.82) is 0 Å². The summed E-state index contributed by atoms with van der Waals surface area (Å²) in [6.45, 7) is 6.64. The molecular weight excluding hydrogens is 306 g/mol. The molecule has 0 radical (unpaired) electrons. The highest BCUT2D eigenvalue weighted by Gasteiger charge is 2.21. The number of carboxylic acid groups (broad SMARTS) is 1. The Labute approximate surface area is 140 Å². The van der Waals surface area contributed by atoms with E-state index in [1.54, 1.807) is 13.0 Å². The van der Waals surface area contributed by atoms with E-state index in [4.69, 9.17) is 5.11 Å². The molecule has 0 unspecified atom stereocenters. The van der Waals surface area contributed by atoms with Crippen molar-refractivity contribution in [1.82, 2.24) is 4.57 Å². The first kappa shape index (κ1) is 17.7. The van der Waals surface area contributed by atoms with Gasteiger partial charge < -0.3 is 9.67 Å². The average molecular weight is 327 g/mol. The standard InChI is InChI=1S/C19H21NO4/c1-11(2)14-7-5-6-8-15(14)16-9-12(3)20(10-17(22)23)19(24)18(16)13(4)21/h5-9,11H,10H2,1-4H3,(H,22,23). The van der Waals surface area contributed by atoms with E-state index in [-0.39, 0.29) is 17.3 Å². The number of aromatic nitrogens is 1. The molecule has 0 amide bonds. The predicted molar refractivity (Wildman–Crippen MR) is 92.6 cm³/mol. The van der Waals surface area contributed by atoms with E-state index in [0.29, 0.717) is 11.3 Å².